The van der Waals surface area contributed by atoms with Crippen molar-refractivity contribution in [1.82, 2.24) is 20.4 Å². The van der Waals surface area contributed by atoms with Crippen LogP contribution in [0.1, 0.15) is 35.5 Å². The quantitative estimate of drug-likeness (QED) is 0.381. The lowest BCUT2D eigenvalue weighted by Gasteiger charge is -2.35. The van der Waals surface area contributed by atoms with Crippen molar-refractivity contribution in [2.75, 3.05) is 6.54 Å². The van der Waals surface area contributed by atoms with Crippen LogP contribution in [0.5, 0.6) is 0 Å². The first-order chi connectivity index (χ1) is 17.0. The highest BCUT2D eigenvalue weighted by atomic mass is 19.1. The summed E-state index contributed by atoms with van der Waals surface area (Å²) in [6.07, 6.45) is 0.701. The number of allylic oxidation sites excluding steroid dienone is 1. The van der Waals surface area contributed by atoms with Crippen LogP contribution >= 0.6 is 0 Å². The van der Waals surface area contributed by atoms with E-state index >= 15 is 0 Å². The highest BCUT2D eigenvalue weighted by molar-refractivity contribution is 5.86. The van der Waals surface area contributed by atoms with E-state index in [1.54, 1.807) is 17.0 Å². The average Bonchev–Trinajstić information content (AvgIpc) is 3.34. The number of benzene rings is 3. The molecule has 1 aliphatic heterocycles. The van der Waals surface area contributed by atoms with Crippen LogP contribution in [0.25, 0.3) is 17.0 Å². The molecule has 5 rings (SSSR count). The number of hydrogen-bond acceptors (Lipinski definition) is 4. The smallest absolute Gasteiger partial charge is 0.322 e. The van der Waals surface area contributed by atoms with Gasteiger partial charge in [0.05, 0.1) is 11.6 Å². The van der Waals surface area contributed by atoms with E-state index in [9.17, 15) is 9.18 Å². The normalized spacial score (nSPS) is 15.9. The number of rotatable bonds is 6. The van der Waals surface area contributed by atoms with Gasteiger partial charge in [-0.25, -0.2) is 9.18 Å². The summed E-state index contributed by atoms with van der Waals surface area (Å²) in [5, 5.41) is 7.22. The maximum Gasteiger partial charge on any atom is 0.322 e. The average molecular weight is 469 g/mol. The van der Waals surface area contributed by atoms with Gasteiger partial charge in [-0.05, 0) is 43.5 Å². The van der Waals surface area contributed by atoms with Crippen molar-refractivity contribution in [2.45, 2.75) is 26.3 Å². The SMILES string of the molecule is CC1=C(c2nc(-c3cccc(F)c3)no2)C(c2ccc(C)cc2)NC(=O)N1CCc1ccccc1. The summed E-state index contributed by atoms with van der Waals surface area (Å²) in [6, 6.07) is 23.4. The van der Waals surface area contributed by atoms with Crippen molar-refractivity contribution >= 4 is 11.6 Å². The van der Waals surface area contributed by atoms with E-state index in [0.717, 1.165) is 28.0 Å². The second-order valence-electron chi connectivity index (χ2n) is 8.61. The van der Waals surface area contributed by atoms with E-state index in [2.05, 4.69) is 15.5 Å². The Balaban J connectivity index is 1.55. The van der Waals surface area contributed by atoms with Gasteiger partial charge in [0.15, 0.2) is 0 Å². The van der Waals surface area contributed by atoms with Gasteiger partial charge in [0, 0.05) is 17.8 Å². The van der Waals surface area contributed by atoms with Crippen molar-refractivity contribution in [3.05, 3.63) is 113 Å². The molecule has 2 amide bonds. The van der Waals surface area contributed by atoms with E-state index in [1.165, 1.54) is 12.1 Å². The fourth-order valence-corrected chi connectivity index (χ4v) is 4.30. The summed E-state index contributed by atoms with van der Waals surface area (Å²) in [7, 11) is 0. The third-order valence-electron chi connectivity index (χ3n) is 6.21. The Morgan fingerprint density at radius 1 is 1.00 bits per heavy atom. The van der Waals surface area contributed by atoms with Crippen molar-refractivity contribution < 1.29 is 13.7 Å². The molecule has 0 bridgehead atoms. The molecule has 176 valence electrons. The molecular formula is C28H25FN4O2. The van der Waals surface area contributed by atoms with Crippen LogP contribution in [0.4, 0.5) is 9.18 Å². The molecule has 3 aromatic carbocycles. The number of nitrogens with one attached hydrogen (secondary N) is 1. The molecule has 35 heavy (non-hydrogen) atoms. The Bertz CT molecular complexity index is 1380. The minimum Gasteiger partial charge on any atom is -0.334 e. The molecule has 1 N–H and O–H groups in total. The second kappa shape index (κ2) is 9.54. The highest BCUT2D eigenvalue weighted by Crippen LogP contribution is 2.37. The fourth-order valence-electron chi connectivity index (χ4n) is 4.30. The van der Waals surface area contributed by atoms with Crippen molar-refractivity contribution in [2.24, 2.45) is 0 Å². The molecule has 0 saturated carbocycles. The van der Waals surface area contributed by atoms with Gasteiger partial charge >= 0.3 is 6.03 Å². The first kappa shape index (κ1) is 22.5. The van der Waals surface area contributed by atoms with Gasteiger partial charge in [-0.2, -0.15) is 4.98 Å². The Hall–Kier alpha value is -4.26. The van der Waals surface area contributed by atoms with E-state index in [1.807, 2.05) is 68.4 Å². The summed E-state index contributed by atoms with van der Waals surface area (Å²) >= 11 is 0. The van der Waals surface area contributed by atoms with Crippen molar-refractivity contribution in [3.63, 3.8) is 0 Å². The Morgan fingerprint density at radius 2 is 1.77 bits per heavy atom. The number of hydrogen-bond donors (Lipinski definition) is 1. The third-order valence-corrected chi connectivity index (χ3v) is 6.21. The first-order valence-corrected chi connectivity index (χ1v) is 11.5. The molecule has 0 saturated heterocycles. The van der Waals surface area contributed by atoms with Gasteiger partial charge in [0.1, 0.15) is 5.82 Å². The fraction of sp³-hybridized carbons (Fsp3) is 0.179. The standard InChI is InChI=1S/C28H25FN4O2/c1-18-11-13-21(14-12-18)25-24(27-31-26(32-35-27)22-9-6-10-23(29)17-22)19(2)33(28(34)30-25)16-15-20-7-4-3-5-8-20/h3-14,17,25H,15-16H2,1-2H3,(H,30,34). The van der Waals surface area contributed by atoms with Gasteiger partial charge in [0.2, 0.25) is 5.82 Å². The molecule has 0 spiro atoms. The summed E-state index contributed by atoms with van der Waals surface area (Å²) in [5.41, 5.74) is 5.15. The first-order valence-electron chi connectivity index (χ1n) is 11.5. The monoisotopic (exact) mass is 468 g/mol. The number of carbonyl (C=O) groups excluding carboxylic acids is 1. The number of carbonyl (C=O) groups is 1. The van der Waals surface area contributed by atoms with E-state index in [-0.39, 0.29) is 23.6 Å². The number of aryl methyl sites for hydroxylation is 1. The van der Waals surface area contributed by atoms with Gasteiger partial charge in [-0.15, -0.1) is 0 Å². The summed E-state index contributed by atoms with van der Waals surface area (Å²) in [5.74, 6) is 0.200. The summed E-state index contributed by atoms with van der Waals surface area (Å²) in [4.78, 5) is 19.5. The largest absolute Gasteiger partial charge is 0.334 e. The van der Waals surface area contributed by atoms with Crippen LogP contribution in [0, 0.1) is 12.7 Å². The Kier molecular flexibility index (Phi) is 6.14. The Morgan fingerprint density at radius 3 is 2.51 bits per heavy atom. The van der Waals surface area contributed by atoms with Crippen LogP contribution in [0.3, 0.4) is 0 Å². The number of urea groups is 1. The molecule has 0 aliphatic carbocycles. The predicted octanol–water partition coefficient (Wildman–Crippen LogP) is 5.92. The van der Waals surface area contributed by atoms with E-state index in [4.69, 9.17) is 4.52 Å². The molecule has 1 aromatic heterocycles. The second-order valence-corrected chi connectivity index (χ2v) is 8.61. The molecule has 2 heterocycles. The van der Waals surface area contributed by atoms with Crippen LogP contribution in [0.2, 0.25) is 0 Å². The van der Waals surface area contributed by atoms with Crippen molar-refractivity contribution in [3.8, 4) is 11.4 Å². The van der Waals surface area contributed by atoms with Crippen LogP contribution < -0.4 is 5.32 Å². The zero-order chi connectivity index (χ0) is 24.4. The maximum absolute atomic E-state index is 13.8. The number of nitrogens with zero attached hydrogens (tertiary/aromatic N) is 3. The van der Waals surface area contributed by atoms with E-state index in [0.29, 0.717) is 18.5 Å². The molecule has 1 aliphatic rings. The molecule has 0 fully saturated rings. The molecule has 1 atom stereocenters. The number of halogens is 1. The number of amides is 2. The van der Waals surface area contributed by atoms with Gasteiger partial charge in [-0.3, -0.25) is 4.90 Å². The van der Waals surface area contributed by atoms with E-state index < -0.39 is 6.04 Å². The molecule has 7 heteroatoms. The highest BCUT2D eigenvalue weighted by Gasteiger charge is 2.35. The van der Waals surface area contributed by atoms with Crippen LogP contribution in [0.15, 0.2) is 89.1 Å². The lowest BCUT2D eigenvalue weighted by Crippen LogP contribution is -2.46. The lowest BCUT2D eigenvalue weighted by atomic mass is 9.94. The van der Waals surface area contributed by atoms with Crippen LogP contribution in [-0.2, 0) is 6.42 Å². The van der Waals surface area contributed by atoms with Gasteiger partial charge in [0.25, 0.3) is 5.89 Å². The topological polar surface area (TPSA) is 71.3 Å². The van der Waals surface area contributed by atoms with Crippen molar-refractivity contribution in [1.29, 1.82) is 0 Å². The minimum atomic E-state index is -0.461. The third kappa shape index (κ3) is 4.71. The minimum absolute atomic E-state index is 0.183. The Labute approximate surface area is 203 Å². The zero-order valence-electron chi connectivity index (χ0n) is 19.5. The predicted molar refractivity (Wildman–Crippen MR) is 132 cm³/mol. The number of aromatic nitrogens is 2. The molecular weight excluding hydrogens is 443 g/mol. The molecule has 0 radical (unpaired) electrons. The van der Waals surface area contributed by atoms with Crippen LogP contribution in [-0.4, -0.2) is 27.6 Å². The van der Waals surface area contributed by atoms with Gasteiger partial charge < -0.3 is 9.84 Å². The molecule has 6 nitrogen and oxygen atoms in total. The van der Waals surface area contributed by atoms with Gasteiger partial charge in [-0.1, -0.05) is 77.5 Å². The zero-order valence-corrected chi connectivity index (χ0v) is 19.5. The molecule has 1 unspecified atom stereocenters. The molecule has 4 aromatic rings. The lowest BCUT2D eigenvalue weighted by molar-refractivity contribution is 0.205. The summed E-state index contributed by atoms with van der Waals surface area (Å²) < 4.78 is 19.4. The summed E-state index contributed by atoms with van der Waals surface area (Å²) in [6.45, 7) is 4.41. The maximum atomic E-state index is 13.8.